The Balaban J connectivity index is 6.20. The van der Waals surface area contributed by atoms with E-state index in [1.54, 1.807) is 0 Å². The van der Waals surface area contributed by atoms with Crippen LogP contribution in [0.5, 0.6) is 0 Å². The van der Waals surface area contributed by atoms with Crippen molar-refractivity contribution in [1.29, 1.82) is 0 Å². The summed E-state index contributed by atoms with van der Waals surface area (Å²) in [6, 6.07) is 0. The minimum Gasteiger partial charge on any atom is -0.251 e. The molecule has 0 rings (SSSR count). The molecule has 0 unspecified atom stereocenters. The van der Waals surface area contributed by atoms with Crippen LogP contribution >= 0.6 is 0 Å². The van der Waals surface area contributed by atoms with Crippen LogP contribution in [-0.2, 0) is 0 Å². The van der Waals surface area contributed by atoms with Crippen LogP contribution in [0.25, 0.3) is 0 Å². The van der Waals surface area contributed by atoms with Crippen molar-refractivity contribution in [3.63, 3.8) is 0 Å². The first-order valence-corrected chi connectivity index (χ1v) is 5.84. The quantitative estimate of drug-likeness (QED) is 0.419. The second-order valence-corrected chi connectivity index (χ2v) is 4.74. The van der Waals surface area contributed by atoms with Crippen LogP contribution in [0.2, 0.25) is 0 Å². The maximum absolute atomic E-state index is 13.1. The van der Waals surface area contributed by atoms with Crippen LogP contribution in [0, 0.1) is 0 Å². The van der Waals surface area contributed by atoms with E-state index in [-0.39, 0.29) is 0 Å². The predicted molar refractivity (Wildman–Crippen MR) is 50.9 cm³/mol. The molecule has 0 amide bonds. The summed E-state index contributed by atoms with van der Waals surface area (Å²) in [6.45, 7) is -2.48. The van der Waals surface area contributed by atoms with Crippen molar-refractivity contribution in [2.45, 2.75) is 54.8 Å². The average molecular weight is 412 g/mol. The van der Waals surface area contributed by atoms with Gasteiger partial charge in [-0.05, 0) is 0 Å². The molecule has 0 spiro atoms. The summed E-state index contributed by atoms with van der Waals surface area (Å²) in [5, 5.41) is 0. The Morgan fingerprint density at radius 3 is 1.12 bits per heavy atom. The van der Waals surface area contributed by atoms with E-state index in [1.807, 2.05) is 0 Å². The lowest BCUT2D eigenvalue weighted by molar-refractivity contribution is -0.426. The molecule has 0 saturated carbocycles. The van der Waals surface area contributed by atoms with Crippen molar-refractivity contribution in [3.8, 4) is 0 Å². The number of alkyl halides is 15. The Morgan fingerprint density at radius 1 is 0.520 bits per heavy atom. The van der Waals surface area contributed by atoms with Gasteiger partial charge in [0.25, 0.3) is 0 Å². The maximum Gasteiger partial charge on any atom is 0.384 e. The first-order chi connectivity index (χ1) is 10.7. The summed E-state index contributed by atoms with van der Waals surface area (Å²) in [5.41, 5.74) is 0. The molecule has 0 nitrogen and oxygen atoms in total. The zero-order valence-electron chi connectivity index (χ0n) is 11.4. The molecule has 0 aromatic rings. The molecular weight excluding hydrogens is 405 g/mol. The molecular formula is C10H7F15. The highest BCUT2D eigenvalue weighted by molar-refractivity contribution is 5.11. The lowest BCUT2D eigenvalue weighted by Crippen LogP contribution is -2.70. The highest BCUT2D eigenvalue weighted by Gasteiger charge is 2.89. The number of hydrogen-bond acceptors (Lipinski definition) is 0. The maximum atomic E-state index is 13.1. The van der Waals surface area contributed by atoms with E-state index in [1.165, 1.54) is 0 Å². The van der Waals surface area contributed by atoms with Crippen LogP contribution in [0.4, 0.5) is 65.9 Å². The third kappa shape index (κ3) is 3.59. The topological polar surface area (TPSA) is 0 Å². The summed E-state index contributed by atoms with van der Waals surface area (Å²) in [5.74, 6) is -43.8. The van der Waals surface area contributed by atoms with Crippen molar-refractivity contribution >= 4 is 0 Å². The van der Waals surface area contributed by atoms with Gasteiger partial charge >= 0.3 is 35.5 Å². The van der Waals surface area contributed by atoms with Crippen molar-refractivity contribution in [3.05, 3.63) is 0 Å². The van der Waals surface area contributed by atoms with Gasteiger partial charge in [0, 0.05) is 6.42 Å². The minimum absolute atomic E-state index is 2.48. The second-order valence-electron chi connectivity index (χ2n) is 4.74. The first-order valence-electron chi connectivity index (χ1n) is 5.84. The van der Waals surface area contributed by atoms with E-state index in [2.05, 4.69) is 0 Å². The highest BCUT2D eigenvalue weighted by Crippen LogP contribution is 2.61. The summed E-state index contributed by atoms with van der Waals surface area (Å²) in [6.07, 6.45) is -10.7. The fourth-order valence-electron chi connectivity index (χ4n) is 1.45. The largest absolute Gasteiger partial charge is 0.384 e. The van der Waals surface area contributed by atoms with Crippen LogP contribution in [0.3, 0.4) is 0 Å². The first kappa shape index (κ1) is 23.9. The van der Waals surface area contributed by atoms with E-state index >= 15 is 0 Å². The van der Waals surface area contributed by atoms with Crippen molar-refractivity contribution < 1.29 is 65.9 Å². The lowest BCUT2D eigenvalue weighted by Gasteiger charge is -2.41. The summed E-state index contributed by atoms with van der Waals surface area (Å²) in [4.78, 5) is 0. The van der Waals surface area contributed by atoms with Crippen molar-refractivity contribution in [1.82, 2.24) is 0 Å². The van der Waals surface area contributed by atoms with Gasteiger partial charge in [0.1, 0.15) is 0 Å². The number of rotatable bonds is 9. The molecule has 0 radical (unpaired) electrons. The smallest absolute Gasteiger partial charge is 0.251 e. The fourth-order valence-corrected chi connectivity index (χ4v) is 1.45. The van der Waals surface area contributed by atoms with Gasteiger partial charge in [-0.15, -0.1) is 0 Å². The molecule has 15 heteroatoms. The Labute approximate surface area is 129 Å². The number of halogens is 15. The molecule has 0 aliphatic heterocycles. The Morgan fingerprint density at radius 2 is 0.840 bits per heavy atom. The van der Waals surface area contributed by atoms with Crippen molar-refractivity contribution in [2.24, 2.45) is 0 Å². The van der Waals surface area contributed by atoms with E-state index in [9.17, 15) is 65.9 Å². The van der Waals surface area contributed by atoms with Gasteiger partial charge in [0.05, 0.1) is 13.1 Å². The van der Waals surface area contributed by atoms with Crippen molar-refractivity contribution in [2.75, 3.05) is 6.67 Å². The van der Waals surface area contributed by atoms with Gasteiger partial charge in [-0.1, -0.05) is 0 Å². The summed E-state index contributed by atoms with van der Waals surface area (Å²) >= 11 is 0. The Hall–Kier alpha value is -1.05. The SMILES string of the molecule is FCCC(F)(F)C(F)(F)C(F)(F)C(F)(F)C(F)(F)C(F)(F)CC(F)F. The molecule has 0 aliphatic rings. The van der Waals surface area contributed by atoms with Gasteiger partial charge < -0.3 is 0 Å². The second kappa shape index (κ2) is 6.59. The average Bonchev–Trinajstić information content (AvgIpc) is 2.35. The third-order valence-corrected chi connectivity index (χ3v) is 2.92. The third-order valence-electron chi connectivity index (χ3n) is 2.92. The summed E-state index contributed by atoms with van der Waals surface area (Å²) < 4.78 is 190. The molecule has 0 saturated heterocycles. The molecule has 0 aromatic carbocycles. The summed E-state index contributed by atoms with van der Waals surface area (Å²) in [7, 11) is 0. The van der Waals surface area contributed by atoms with E-state index in [4.69, 9.17) is 0 Å². The predicted octanol–water partition coefficient (Wildman–Crippen LogP) is 5.81. The zero-order valence-corrected chi connectivity index (χ0v) is 11.4. The van der Waals surface area contributed by atoms with E-state index in [0.717, 1.165) is 0 Å². The van der Waals surface area contributed by atoms with Crippen LogP contribution in [0.1, 0.15) is 12.8 Å². The lowest BCUT2D eigenvalue weighted by atomic mass is 9.89. The minimum atomic E-state index is -7.90. The molecule has 0 fully saturated rings. The van der Waals surface area contributed by atoms with E-state index < -0.39 is 61.5 Å². The molecule has 0 heterocycles. The van der Waals surface area contributed by atoms with Gasteiger partial charge in [-0.3, -0.25) is 4.39 Å². The molecule has 25 heavy (non-hydrogen) atoms. The van der Waals surface area contributed by atoms with Crippen LogP contribution < -0.4 is 0 Å². The molecule has 0 N–H and O–H groups in total. The fraction of sp³-hybridized carbons (Fsp3) is 1.00. The molecule has 0 atom stereocenters. The molecule has 152 valence electrons. The highest BCUT2D eigenvalue weighted by atomic mass is 19.4. The Kier molecular flexibility index (Phi) is 6.32. The van der Waals surface area contributed by atoms with Gasteiger partial charge in [-0.25, -0.2) is 8.78 Å². The van der Waals surface area contributed by atoms with E-state index in [0.29, 0.717) is 0 Å². The molecule has 0 aromatic heterocycles. The zero-order chi connectivity index (χ0) is 20.7. The normalized spacial score (nSPS) is 15.8. The van der Waals surface area contributed by atoms with Crippen LogP contribution in [0.15, 0.2) is 0 Å². The molecule has 0 bridgehead atoms. The standard InChI is InChI=1S/C10H7F15/c11-2-1-5(14,15)7(18,19)9(22,23)10(24,25)8(20,21)6(16,17)3-4(12)13/h4H,1-3H2. The van der Waals surface area contributed by atoms with Gasteiger partial charge in [0.2, 0.25) is 6.43 Å². The van der Waals surface area contributed by atoms with Gasteiger partial charge in [-0.2, -0.15) is 52.7 Å². The Bertz CT molecular complexity index is 451. The number of hydrogen-bond donors (Lipinski definition) is 0. The monoisotopic (exact) mass is 412 g/mol. The van der Waals surface area contributed by atoms with Crippen LogP contribution in [-0.4, -0.2) is 48.6 Å². The van der Waals surface area contributed by atoms with Gasteiger partial charge in [0.15, 0.2) is 0 Å². The molecule has 0 aliphatic carbocycles.